The SMILES string of the molecule is CCC1CCC(C(=O)NCC2CCCC(N)C2)CC1.Cl. The molecule has 0 aromatic rings. The Hall–Kier alpha value is -0.280. The van der Waals surface area contributed by atoms with Gasteiger partial charge < -0.3 is 11.1 Å². The Balaban J connectivity index is 0.00000200. The molecule has 118 valence electrons. The van der Waals surface area contributed by atoms with Gasteiger partial charge in [0.05, 0.1) is 0 Å². The van der Waals surface area contributed by atoms with Gasteiger partial charge in [-0.2, -0.15) is 0 Å². The van der Waals surface area contributed by atoms with E-state index in [9.17, 15) is 4.79 Å². The van der Waals surface area contributed by atoms with Gasteiger partial charge in [0.2, 0.25) is 5.91 Å². The maximum atomic E-state index is 12.2. The largest absolute Gasteiger partial charge is 0.356 e. The van der Waals surface area contributed by atoms with Crippen molar-refractivity contribution in [2.75, 3.05) is 6.54 Å². The van der Waals surface area contributed by atoms with E-state index in [0.717, 1.165) is 38.1 Å². The second-order valence-corrected chi connectivity index (χ2v) is 6.66. The van der Waals surface area contributed by atoms with Gasteiger partial charge in [-0.1, -0.05) is 19.8 Å². The summed E-state index contributed by atoms with van der Waals surface area (Å²) < 4.78 is 0. The van der Waals surface area contributed by atoms with Crippen molar-refractivity contribution in [1.82, 2.24) is 5.32 Å². The van der Waals surface area contributed by atoms with Crippen LogP contribution >= 0.6 is 12.4 Å². The van der Waals surface area contributed by atoms with Gasteiger partial charge in [-0.05, 0) is 56.8 Å². The Kier molecular flexibility index (Phi) is 7.90. The molecule has 20 heavy (non-hydrogen) atoms. The van der Waals surface area contributed by atoms with E-state index in [1.165, 1.54) is 32.1 Å². The standard InChI is InChI=1S/C16H30N2O.ClH/c1-2-12-6-8-14(9-7-12)16(19)18-11-13-4-3-5-15(17)10-13;/h12-15H,2-11,17H2,1H3,(H,18,19);1H. The molecule has 0 saturated heterocycles. The molecule has 0 spiro atoms. The summed E-state index contributed by atoms with van der Waals surface area (Å²) in [6.07, 6.45) is 10.6. The molecule has 2 fully saturated rings. The first kappa shape index (κ1) is 17.8. The molecule has 4 heteroatoms. The lowest BCUT2D eigenvalue weighted by Gasteiger charge is -2.29. The summed E-state index contributed by atoms with van der Waals surface area (Å²) in [5.41, 5.74) is 5.99. The van der Waals surface area contributed by atoms with Crippen LogP contribution < -0.4 is 11.1 Å². The molecule has 1 amide bonds. The lowest BCUT2D eigenvalue weighted by atomic mass is 9.80. The molecule has 2 saturated carbocycles. The van der Waals surface area contributed by atoms with Crippen LogP contribution in [0.5, 0.6) is 0 Å². The van der Waals surface area contributed by atoms with Gasteiger partial charge in [0.25, 0.3) is 0 Å². The monoisotopic (exact) mass is 302 g/mol. The summed E-state index contributed by atoms with van der Waals surface area (Å²) in [5.74, 6) is 2.05. The molecule has 2 aliphatic carbocycles. The van der Waals surface area contributed by atoms with Crippen molar-refractivity contribution in [2.24, 2.45) is 23.5 Å². The molecule has 2 atom stereocenters. The zero-order valence-corrected chi connectivity index (χ0v) is 13.6. The van der Waals surface area contributed by atoms with Crippen molar-refractivity contribution < 1.29 is 4.79 Å². The number of rotatable bonds is 4. The minimum absolute atomic E-state index is 0. The predicted molar refractivity (Wildman–Crippen MR) is 85.9 cm³/mol. The Morgan fingerprint density at radius 2 is 1.80 bits per heavy atom. The molecular formula is C16H31ClN2O. The van der Waals surface area contributed by atoms with Gasteiger partial charge in [0, 0.05) is 18.5 Å². The summed E-state index contributed by atoms with van der Waals surface area (Å²) in [6, 6.07) is 0.357. The maximum absolute atomic E-state index is 12.2. The molecule has 2 unspecified atom stereocenters. The second-order valence-electron chi connectivity index (χ2n) is 6.66. The van der Waals surface area contributed by atoms with E-state index in [1.54, 1.807) is 0 Å². The molecule has 3 N–H and O–H groups in total. The molecule has 0 aromatic carbocycles. The number of hydrogen-bond acceptors (Lipinski definition) is 2. The minimum atomic E-state index is 0. The lowest BCUT2D eigenvalue weighted by Crippen LogP contribution is -2.39. The quantitative estimate of drug-likeness (QED) is 0.837. The Bertz CT molecular complexity index is 290. The number of halogens is 1. The number of amides is 1. The predicted octanol–water partition coefficient (Wildman–Crippen LogP) is 3.26. The topological polar surface area (TPSA) is 55.1 Å². The maximum Gasteiger partial charge on any atom is 0.223 e. The van der Waals surface area contributed by atoms with Crippen LogP contribution in [0.25, 0.3) is 0 Å². The number of nitrogens with one attached hydrogen (secondary N) is 1. The molecule has 3 nitrogen and oxygen atoms in total. The van der Waals surface area contributed by atoms with Crippen LogP contribution in [0.15, 0.2) is 0 Å². The fourth-order valence-electron chi connectivity index (χ4n) is 3.74. The molecule has 0 heterocycles. The van der Waals surface area contributed by atoms with Crippen molar-refractivity contribution in [3.05, 3.63) is 0 Å². The molecule has 2 rings (SSSR count). The van der Waals surface area contributed by atoms with E-state index in [1.807, 2.05) is 0 Å². The highest BCUT2D eigenvalue weighted by atomic mass is 35.5. The van der Waals surface area contributed by atoms with E-state index in [0.29, 0.717) is 17.9 Å². The first-order chi connectivity index (χ1) is 9.19. The zero-order valence-electron chi connectivity index (χ0n) is 12.8. The third-order valence-electron chi connectivity index (χ3n) is 5.18. The summed E-state index contributed by atoms with van der Waals surface area (Å²) in [4.78, 5) is 12.2. The lowest BCUT2D eigenvalue weighted by molar-refractivity contribution is -0.126. The third-order valence-corrected chi connectivity index (χ3v) is 5.18. The number of hydrogen-bond donors (Lipinski definition) is 2. The smallest absolute Gasteiger partial charge is 0.223 e. The van der Waals surface area contributed by atoms with Crippen LogP contribution in [0.4, 0.5) is 0 Å². The Morgan fingerprint density at radius 1 is 1.10 bits per heavy atom. The summed E-state index contributed by atoms with van der Waals surface area (Å²) in [6.45, 7) is 3.11. The third kappa shape index (κ3) is 5.25. The van der Waals surface area contributed by atoms with Crippen molar-refractivity contribution in [2.45, 2.75) is 70.8 Å². The first-order valence-electron chi connectivity index (χ1n) is 8.22. The first-order valence-corrected chi connectivity index (χ1v) is 8.22. The van der Waals surface area contributed by atoms with Crippen LogP contribution in [0.2, 0.25) is 0 Å². The average molecular weight is 303 g/mol. The van der Waals surface area contributed by atoms with Crippen LogP contribution in [0.1, 0.15) is 64.7 Å². The Morgan fingerprint density at radius 3 is 2.40 bits per heavy atom. The van der Waals surface area contributed by atoms with Crippen LogP contribution in [-0.4, -0.2) is 18.5 Å². The van der Waals surface area contributed by atoms with E-state index in [-0.39, 0.29) is 18.3 Å². The molecule has 0 bridgehead atoms. The minimum Gasteiger partial charge on any atom is -0.356 e. The van der Waals surface area contributed by atoms with Gasteiger partial charge in [-0.15, -0.1) is 12.4 Å². The second kappa shape index (κ2) is 8.89. The highest BCUT2D eigenvalue weighted by Gasteiger charge is 2.26. The van der Waals surface area contributed by atoms with Crippen molar-refractivity contribution in [1.29, 1.82) is 0 Å². The Labute approximate surface area is 129 Å². The molecule has 2 aliphatic rings. The molecule has 0 aliphatic heterocycles. The average Bonchev–Trinajstić information content (AvgIpc) is 2.45. The van der Waals surface area contributed by atoms with Gasteiger partial charge in [0.15, 0.2) is 0 Å². The molecular weight excluding hydrogens is 272 g/mol. The fourth-order valence-corrected chi connectivity index (χ4v) is 3.74. The number of carbonyl (C=O) groups is 1. The van der Waals surface area contributed by atoms with Crippen LogP contribution in [-0.2, 0) is 4.79 Å². The molecule has 0 aromatic heterocycles. The summed E-state index contributed by atoms with van der Waals surface area (Å²) in [5, 5.41) is 3.18. The van der Waals surface area contributed by atoms with Crippen molar-refractivity contribution in [3.63, 3.8) is 0 Å². The van der Waals surface area contributed by atoms with E-state index < -0.39 is 0 Å². The van der Waals surface area contributed by atoms with Crippen molar-refractivity contribution in [3.8, 4) is 0 Å². The summed E-state index contributed by atoms with van der Waals surface area (Å²) in [7, 11) is 0. The van der Waals surface area contributed by atoms with Crippen LogP contribution in [0, 0.1) is 17.8 Å². The fraction of sp³-hybridized carbons (Fsp3) is 0.938. The van der Waals surface area contributed by atoms with E-state index in [4.69, 9.17) is 5.73 Å². The van der Waals surface area contributed by atoms with Crippen LogP contribution in [0.3, 0.4) is 0 Å². The zero-order chi connectivity index (χ0) is 13.7. The highest BCUT2D eigenvalue weighted by Crippen LogP contribution is 2.30. The van der Waals surface area contributed by atoms with E-state index in [2.05, 4.69) is 12.2 Å². The van der Waals surface area contributed by atoms with Gasteiger partial charge in [-0.25, -0.2) is 0 Å². The summed E-state index contributed by atoms with van der Waals surface area (Å²) >= 11 is 0. The van der Waals surface area contributed by atoms with Gasteiger partial charge >= 0.3 is 0 Å². The van der Waals surface area contributed by atoms with Gasteiger partial charge in [-0.3, -0.25) is 4.79 Å². The normalized spacial score (nSPS) is 34.1. The van der Waals surface area contributed by atoms with E-state index >= 15 is 0 Å². The van der Waals surface area contributed by atoms with Crippen molar-refractivity contribution >= 4 is 18.3 Å². The van der Waals surface area contributed by atoms with Gasteiger partial charge in [0.1, 0.15) is 0 Å². The highest BCUT2D eigenvalue weighted by molar-refractivity contribution is 5.85. The number of carbonyl (C=O) groups excluding carboxylic acids is 1. The number of nitrogens with two attached hydrogens (primary N) is 1. The molecule has 0 radical (unpaired) electrons.